The maximum atomic E-state index is 13.0. The van der Waals surface area contributed by atoms with E-state index in [1.807, 2.05) is 41.0 Å². The van der Waals surface area contributed by atoms with Crippen molar-refractivity contribution in [3.8, 4) is 0 Å². The number of halogens is 1. The molecule has 1 aromatic carbocycles. The number of piperazine rings is 1. The van der Waals surface area contributed by atoms with Crippen LogP contribution in [-0.2, 0) is 17.8 Å². The zero-order valence-electron chi connectivity index (χ0n) is 16.0. The van der Waals surface area contributed by atoms with Crippen LogP contribution in [0.5, 0.6) is 0 Å². The van der Waals surface area contributed by atoms with Crippen LogP contribution in [0, 0.1) is 0 Å². The Hall–Kier alpha value is -1.89. The summed E-state index contributed by atoms with van der Waals surface area (Å²) < 4.78 is 0.819. The fourth-order valence-corrected chi connectivity index (χ4v) is 5.06. The molecule has 2 aromatic rings. The summed E-state index contributed by atoms with van der Waals surface area (Å²) in [7, 11) is 0. The Kier molecular flexibility index (Phi) is 5.71. The van der Waals surface area contributed by atoms with Crippen molar-refractivity contribution in [3.63, 3.8) is 0 Å². The third-order valence-electron chi connectivity index (χ3n) is 5.49. The highest BCUT2D eigenvalue weighted by molar-refractivity contribution is 7.16. The second-order valence-corrected chi connectivity index (χ2v) is 9.07. The average molecular weight is 418 g/mol. The molecular weight excluding hydrogens is 394 g/mol. The third kappa shape index (κ3) is 3.95. The van der Waals surface area contributed by atoms with Crippen LogP contribution in [0.3, 0.4) is 0 Å². The number of fused-ring (bicyclic) bond motifs is 1. The van der Waals surface area contributed by atoms with Crippen LogP contribution in [0.1, 0.15) is 34.1 Å². The summed E-state index contributed by atoms with van der Waals surface area (Å²) in [6.45, 7) is 6.68. The number of benzene rings is 1. The van der Waals surface area contributed by atoms with Crippen molar-refractivity contribution >= 4 is 40.4 Å². The van der Waals surface area contributed by atoms with Gasteiger partial charge in [-0.3, -0.25) is 14.5 Å². The lowest BCUT2D eigenvalue weighted by molar-refractivity contribution is -0.118. The smallest absolute Gasteiger partial charge is 0.253 e. The minimum Gasteiger partial charge on any atom is -0.336 e. The Morgan fingerprint density at radius 3 is 2.54 bits per heavy atom. The first-order valence-corrected chi connectivity index (χ1v) is 10.9. The number of rotatable bonds is 4. The van der Waals surface area contributed by atoms with Gasteiger partial charge in [0.2, 0.25) is 5.91 Å². The Balaban J connectivity index is 1.37. The maximum absolute atomic E-state index is 13.0. The van der Waals surface area contributed by atoms with Crippen LogP contribution < -0.4 is 4.90 Å². The monoisotopic (exact) mass is 417 g/mol. The van der Waals surface area contributed by atoms with Gasteiger partial charge in [0.1, 0.15) is 0 Å². The lowest BCUT2D eigenvalue weighted by Gasteiger charge is -2.34. The van der Waals surface area contributed by atoms with Crippen molar-refractivity contribution in [2.24, 2.45) is 0 Å². The molecule has 7 heteroatoms. The molecular formula is C21H24ClN3O2S. The molecule has 2 aliphatic rings. The Bertz CT molecular complexity index is 890. The van der Waals surface area contributed by atoms with Crippen molar-refractivity contribution in [3.05, 3.63) is 50.7 Å². The minimum atomic E-state index is 0.0851. The molecule has 0 spiro atoms. The second-order valence-electron chi connectivity index (χ2n) is 7.27. The number of amides is 2. The average Bonchev–Trinajstić information content (AvgIpc) is 3.32. The van der Waals surface area contributed by atoms with Gasteiger partial charge in [-0.05, 0) is 42.3 Å². The van der Waals surface area contributed by atoms with Crippen LogP contribution in [0.25, 0.3) is 0 Å². The highest BCUT2D eigenvalue weighted by Crippen LogP contribution is 2.30. The SMILES string of the molecule is CCC(=O)N1CCc2cc(C(=O)N3CCN(Cc4ccc(Cl)s4)CC3)ccc21. The molecule has 28 heavy (non-hydrogen) atoms. The van der Waals surface area contributed by atoms with E-state index in [1.54, 1.807) is 11.3 Å². The molecule has 0 radical (unpaired) electrons. The zero-order chi connectivity index (χ0) is 19.7. The van der Waals surface area contributed by atoms with Crippen molar-refractivity contribution in [1.82, 2.24) is 9.80 Å². The van der Waals surface area contributed by atoms with E-state index in [2.05, 4.69) is 11.0 Å². The topological polar surface area (TPSA) is 43.9 Å². The normalized spacial score (nSPS) is 17.1. The number of hydrogen-bond donors (Lipinski definition) is 0. The summed E-state index contributed by atoms with van der Waals surface area (Å²) in [6.07, 6.45) is 1.32. The molecule has 1 aromatic heterocycles. The number of anilines is 1. The molecule has 5 nitrogen and oxygen atoms in total. The lowest BCUT2D eigenvalue weighted by Crippen LogP contribution is -2.48. The van der Waals surface area contributed by atoms with E-state index in [-0.39, 0.29) is 11.8 Å². The van der Waals surface area contributed by atoms with Crippen LogP contribution in [-0.4, -0.2) is 54.3 Å². The molecule has 0 unspecified atom stereocenters. The Morgan fingerprint density at radius 2 is 1.86 bits per heavy atom. The minimum absolute atomic E-state index is 0.0851. The predicted molar refractivity (Wildman–Crippen MR) is 113 cm³/mol. The van der Waals surface area contributed by atoms with Crippen LogP contribution in [0.4, 0.5) is 5.69 Å². The lowest BCUT2D eigenvalue weighted by atomic mass is 10.1. The maximum Gasteiger partial charge on any atom is 0.253 e. The van der Waals surface area contributed by atoms with Gasteiger partial charge in [-0.2, -0.15) is 0 Å². The van der Waals surface area contributed by atoms with Gasteiger partial charge >= 0.3 is 0 Å². The first-order valence-electron chi connectivity index (χ1n) is 9.74. The van der Waals surface area contributed by atoms with Crippen molar-refractivity contribution in [2.75, 3.05) is 37.6 Å². The van der Waals surface area contributed by atoms with Gasteiger partial charge < -0.3 is 9.80 Å². The van der Waals surface area contributed by atoms with Gasteiger partial charge in [-0.1, -0.05) is 18.5 Å². The first kappa shape index (κ1) is 19.4. The number of hydrogen-bond acceptors (Lipinski definition) is 4. The molecule has 3 heterocycles. The van der Waals surface area contributed by atoms with E-state index in [9.17, 15) is 9.59 Å². The summed E-state index contributed by atoms with van der Waals surface area (Å²) in [4.78, 5) is 32.4. The van der Waals surface area contributed by atoms with Crippen molar-refractivity contribution < 1.29 is 9.59 Å². The number of carbonyl (C=O) groups is 2. The fourth-order valence-electron chi connectivity index (χ4n) is 3.93. The summed E-state index contributed by atoms with van der Waals surface area (Å²) in [5.41, 5.74) is 2.78. The van der Waals surface area contributed by atoms with E-state index in [0.717, 1.165) is 60.3 Å². The quantitative estimate of drug-likeness (QED) is 0.762. The molecule has 4 rings (SSSR count). The fraction of sp³-hybridized carbons (Fsp3) is 0.429. The third-order valence-corrected chi connectivity index (χ3v) is 6.71. The largest absolute Gasteiger partial charge is 0.336 e. The van der Waals surface area contributed by atoms with Crippen LogP contribution in [0.15, 0.2) is 30.3 Å². The summed E-state index contributed by atoms with van der Waals surface area (Å²) in [5, 5.41) is 0. The van der Waals surface area contributed by atoms with E-state index < -0.39 is 0 Å². The number of nitrogens with zero attached hydrogens (tertiary/aromatic N) is 3. The van der Waals surface area contributed by atoms with E-state index in [1.165, 1.54) is 4.88 Å². The zero-order valence-corrected chi connectivity index (χ0v) is 17.6. The number of carbonyl (C=O) groups excluding carboxylic acids is 2. The van der Waals surface area contributed by atoms with Crippen LogP contribution in [0.2, 0.25) is 4.34 Å². The van der Waals surface area contributed by atoms with Gasteiger partial charge in [0.15, 0.2) is 0 Å². The highest BCUT2D eigenvalue weighted by atomic mass is 35.5. The predicted octanol–water partition coefficient (Wildman–Crippen LogP) is 3.66. The van der Waals surface area contributed by atoms with E-state index in [4.69, 9.17) is 11.6 Å². The molecule has 1 fully saturated rings. The van der Waals surface area contributed by atoms with Gasteiger partial charge in [0, 0.05) is 61.8 Å². The van der Waals surface area contributed by atoms with Crippen molar-refractivity contribution in [1.29, 1.82) is 0 Å². The van der Waals surface area contributed by atoms with Gasteiger partial charge in [-0.25, -0.2) is 0 Å². The molecule has 1 saturated heterocycles. The molecule has 0 bridgehead atoms. The van der Waals surface area contributed by atoms with E-state index >= 15 is 0 Å². The molecule has 2 amide bonds. The molecule has 2 aliphatic heterocycles. The molecule has 0 aliphatic carbocycles. The summed E-state index contributed by atoms with van der Waals surface area (Å²) >= 11 is 7.63. The van der Waals surface area contributed by atoms with E-state index in [0.29, 0.717) is 13.0 Å². The Labute approximate surface area is 174 Å². The summed E-state index contributed by atoms with van der Waals surface area (Å²) in [5.74, 6) is 0.225. The second kappa shape index (κ2) is 8.23. The first-order chi connectivity index (χ1) is 13.5. The van der Waals surface area contributed by atoms with Gasteiger partial charge in [0.25, 0.3) is 5.91 Å². The molecule has 148 valence electrons. The van der Waals surface area contributed by atoms with Gasteiger partial charge in [-0.15, -0.1) is 11.3 Å². The number of thiophene rings is 1. The molecule has 0 saturated carbocycles. The summed E-state index contributed by atoms with van der Waals surface area (Å²) in [6, 6.07) is 9.77. The standard InChI is InChI=1S/C21H24ClN3O2S/c1-2-20(26)25-8-7-15-13-16(3-5-18(15)25)21(27)24-11-9-23(10-12-24)14-17-4-6-19(22)28-17/h3-6,13H,2,7-12,14H2,1H3. The molecule has 0 atom stereocenters. The van der Waals surface area contributed by atoms with Gasteiger partial charge in [0.05, 0.1) is 4.34 Å². The molecule has 0 N–H and O–H groups in total. The Morgan fingerprint density at radius 1 is 1.07 bits per heavy atom. The van der Waals surface area contributed by atoms with Crippen LogP contribution >= 0.6 is 22.9 Å². The van der Waals surface area contributed by atoms with Crippen molar-refractivity contribution in [2.45, 2.75) is 26.3 Å². The highest BCUT2D eigenvalue weighted by Gasteiger charge is 2.27.